The first-order valence-corrected chi connectivity index (χ1v) is 8.50. The lowest BCUT2D eigenvalue weighted by molar-refractivity contribution is -0.136. The highest BCUT2D eigenvalue weighted by atomic mass is 16.5. The summed E-state index contributed by atoms with van der Waals surface area (Å²) in [5, 5.41) is 3.25. The number of hydrogen-bond donors (Lipinski definition) is 1. The SMILES string of the molecule is COC(=O)C1=C(C)NC2=CCCC(=O)C2C1c1ccc(N(C)C)cc1. The normalized spacial score (nSPS) is 22.7. The van der Waals surface area contributed by atoms with Crippen LogP contribution in [-0.2, 0) is 14.3 Å². The van der Waals surface area contributed by atoms with Gasteiger partial charge in [-0.3, -0.25) is 4.79 Å². The molecule has 2 atom stereocenters. The highest BCUT2D eigenvalue weighted by Gasteiger charge is 2.43. The summed E-state index contributed by atoms with van der Waals surface area (Å²) in [4.78, 5) is 27.2. The summed E-state index contributed by atoms with van der Waals surface area (Å²) < 4.78 is 5.01. The Kier molecular flexibility index (Phi) is 4.66. The molecule has 2 aliphatic rings. The third-order valence-corrected chi connectivity index (χ3v) is 4.99. The van der Waals surface area contributed by atoms with Gasteiger partial charge in [-0.25, -0.2) is 4.79 Å². The fourth-order valence-corrected chi connectivity index (χ4v) is 3.73. The maximum absolute atomic E-state index is 12.7. The molecule has 1 heterocycles. The van der Waals surface area contributed by atoms with Crippen molar-refractivity contribution in [1.82, 2.24) is 5.32 Å². The molecule has 0 radical (unpaired) electrons. The van der Waals surface area contributed by atoms with Crippen molar-refractivity contribution in [3.05, 3.63) is 52.9 Å². The maximum Gasteiger partial charge on any atom is 0.336 e. The molecular formula is C20H24N2O3. The van der Waals surface area contributed by atoms with E-state index in [4.69, 9.17) is 4.74 Å². The van der Waals surface area contributed by atoms with E-state index in [-0.39, 0.29) is 23.6 Å². The zero-order valence-corrected chi connectivity index (χ0v) is 15.1. The second-order valence-corrected chi connectivity index (χ2v) is 6.76. The minimum Gasteiger partial charge on any atom is -0.466 e. The molecule has 0 fully saturated rings. The molecule has 0 saturated carbocycles. The van der Waals surface area contributed by atoms with Gasteiger partial charge >= 0.3 is 5.97 Å². The predicted octanol–water partition coefficient (Wildman–Crippen LogP) is 2.75. The van der Waals surface area contributed by atoms with Gasteiger partial charge in [0, 0.05) is 43.5 Å². The zero-order chi connectivity index (χ0) is 18.1. The average Bonchev–Trinajstić information content (AvgIpc) is 2.60. The number of anilines is 1. The molecule has 0 amide bonds. The average molecular weight is 340 g/mol. The van der Waals surface area contributed by atoms with Gasteiger partial charge in [-0.1, -0.05) is 18.2 Å². The number of nitrogens with one attached hydrogen (secondary N) is 1. The van der Waals surface area contributed by atoms with E-state index in [1.807, 2.05) is 50.2 Å². The Morgan fingerprint density at radius 2 is 1.88 bits per heavy atom. The number of methoxy groups -OCH3 is 1. The summed E-state index contributed by atoms with van der Waals surface area (Å²) in [7, 11) is 5.34. The Morgan fingerprint density at radius 3 is 2.48 bits per heavy atom. The fraction of sp³-hybridized carbons (Fsp3) is 0.400. The smallest absolute Gasteiger partial charge is 0.336 e. The minimum absolute atomic E-state index is 0.167. The summed E-state index contributed by atoms with van der Waals surface area (Å²) in [5.74, 6) is -0.884. The molecule has 25 heavy (non-hydrogen) atoms. The van der Waals surface area contributed by atoms with Crippen LogP contribution in [-0.4, -0.2) is 33.0 Å². The Labute approximate surface area is 148 Å². The van der Waals surface area contributed by atoms with Crippen molar-refractivity contribution in [2.75, 3.05) is 26.1 Å². The molecule has 1 N–H and O–H groups in total. The topological polar surface area (TPSA) is 58.6 Å². The summed E-state index contributed by atoms with van der Waals surface area (Å²) in [5.41, 5.74) is 4.23. The third kappa shape index (κ3) is 3.06. The van der Waals surface area contributed by atoms with Gasteiger partial charge in [-0.05, 0) is 31.0 Å². The first-order valence-electron chi connectivity index (χ1n) is 8.50. The molecule has 0 spiro atoms. The van der Waals surface area contributed by atoms with Crippen LogP contribution in [0.4, 0.5) is 5.69 Å². The predicted molar refractivity (Wildman–Crippen MR) is 97.2 cm³/mol. The van der Waals surface area contributed by atoms with Gasteiger partial charge in [0.05, 0.1) is 18.6 Å². The molecule has 1 aromatic rings. The van der Waals surface area contributed by atoms with Crippen LogP contribution in [0.15, 0.2) is 47.3 Å². The Bertz CT molecular complexity index is 760. The second kappa shape index (κ2) is 6.75. The summed E-state index contributed by atoms with van der Waals surface area (Å²) in [6.45, 7) is 1.86. The van der Waals surface area contributed by atoms with Crippen LogP contribution in [0.2, 0.25) is 0 Å². The lowest BCUT2D eigenvalue weighted by Gasteiger charge is -2.37. The summed E-state index contributed by atoms with van der Waals surface area (Å²) in [6.07, 6.45) is 3.32. The van der Waals surface area contributed by atoms with Crippen molar-refractivity contribution in [2.45, 2.75) is 25.7 Å². The van der Waals surface area contributed by atoms with E-state index in [9.17, 15) is 9.59 Å². The number of ketones is 1. The van der Waals surface area contributed by atoms with E-state index >= 15 is 0 Å². The Hall–Kier alpha value is -2.56. The van der Waals surface area contributed by atoms with Gasteiger partial charge < -0.3 is 15.0 Å². The standard InChI is InChI=1S/C20H24N2O3/c1-12-17(20(24)25-4)18(13-8-10-14(11-9-13)22(2)3)19-15(21-12)6-5-7-16(19)23/h6,8-11,18-19,21H,5,7H2,1-4H3. The number of rotatable bonds is 3. The number of Topliss-reactive ketones (excluding diaryl/α,β-unsaturated/α-hetero) is 1. The van der Waals surface area contributed by atoms with Crippen molar-refractivity contribution in [2.24, 2.45) is 5.92 Å². The van der Waals surface area contributed by atoms with Crippen molar-refractivity contribution >= 4 is 17.4 Å². The van der Waals surface area contributed by atoms with Crippen LogP contribution in [0.3, 0.4) is 0 Å². The molecule has 3 rings (SSSR count). The van der Waals surface area contributed by atoms with Crippen LogP contribution in [0.5, 0.6) is 0 Å². The van der Waals surface area contributed by atoms with E-state index < -0.39 is 0 Å². The van der Waals surface area contributed by atoms with Crippen molar-refractivity contribution < 1.29 is 14.3 Å². The monoisotopic (exact) mass is 340 g/mol. The second-order valence-electron chi connectivity index (χ2n) is 6.76. The highest BCUT2D eigenvalue weighted by molar-refractivity contribution is 5.96. The van der Waals surface area contributed by atoms with Gasteiger partial charge in [0.1, 0.15) is 5.78 Å². The Balaban J connectivity index is 2.13. The summed E-state index contributed by atoms with van der Waals surface area (Å²) in [6, 6.07) is 8.03. The van der Waals surface area contributed by atoms with Gasteiger partial charge in [-0.2, -0.15) is 0 Å². The number of esters is 1. The van der Waals surface area contributed by atoms with Gasteiger partial charge in [0.2, 0.25) is 0 Å². The van der Waals surface area contributed by atoms with Crippen LogP contribution in [0.1, 0.15) is 31.2 Å². The molecule has 0 aromatic heterocycles. The van der Waals surface area contributed by atoms with E-state index in [1.54, 1.807) is 0 Å². The molecular weight excluding hydrogens is 316 g/mol. The molecule has 1 aliphatic carbocycles. The largest absolute Gasteiger partial charge is 0.466 e. The first-order chi connectivity index (χ1) is 11.9. The van der Waals surface area contributed by atoms with Crippen LogP contribution in [0.25, 0.3) is 0 Å². The number of allylic oxidation sites excluding steroid dienone is 3. The van der Waals surface area contributed by atoms with E-state index in [0.717, 1.165) is 29.1 Å². The number of benzene rings is 1. The number of carbonyl (C=O) groups excluding carboxylic acids is 2. The highest BCUT2D eigenvalue weighted by Crippen LogP contribution is 2.43. The van der Waals surface area contributed by atoms with E-state index in [1.165, 1.54) is 7.11 Å². The van der Waals surface area contributed by atoms with Crippen LogP contribution in [0, 0.1) is 5.92 Å². The molecule has 1 aliphatic heterocycles. The lowest BCUT2D eigenvalue weighted by atomic mass is 9.71. The number of fused-ring (bicyclic) bond motifs is 1. The maximum atomic E-state index is 12.7. The molecule has 0 saturated heterocycles. The zero-order valence-electron chi connectivity index (χ0n) is 15.1. The van der Waals surface area contributed by atoms with E-state index in [0.29, 0.717) is 12.0 Å². The molecule has 5 nitrogen and oxygen atoms in total. The van der Waals surface area contributed by atoms with Crippen molar-refractivity contribution in [3.8, 4) is 0 Å². The third-order valence-electron chi connectivity index (χ3n) is 4.99. The number of hydrogen-bond acceptors (Lipinski definition) is 5. The number of nitrogens with zero attached hydrogens (tertiary/aromatic N) is 1. The Morgan fingerprint density at radius 1 is 1.20 bits per heavy atom. The molecule has 2 unspecified atom stereocenters. The lowest BCUT2D eigenvalue weighted by Crippen LogP contribution is -2.40. The van der Waals surface area contributed by atoms with Gasteiger partial charge in [-0.15, -0.1) is 0 Å². The minimum atomic E-state index is -0.385. The van der Waals surface area contributed by atoms with Crippen LogP contribution < -0.4 is 10.2 Å². The molecule has 0 bridgehead atoms. The quantitative estimate of drug-likeness (QED) is 0.858. The fourth-order valence-electron chi connectivity index (χ4n) is 3.73. The van der Waals surface area contributed by atoms with Crippen LogP contribution >= 0.6 is 0 Å². The molecule has 5 heteroatoms. The summed E-state index contributed by atoms with van der Waals surface area (Å²) >= 11 is 0. The molecule has 132 valence electrons. The molecule has 1 aromatic carbocycles. The first kappa shape index (κ1) is 17.3. The number of carbonyl (C=O) groups is 2. The van der Waals surface area contributed by atoms with Crippen molar-refractivity contribution in [3.63, 3.8) is 0 Å². The number of ether oxygens (including phenoxy) is 1. The van der Waals surface area contributed by atoms with Gasteiger partial charge in [0.25, 0.3) is 0 Å². The van der Waals surface area contributed by atoms with Gasteiger partial charge in [0.15, 0.2) is 0 Å². The van der Waals surface area contributed by atoms with E-state index in [2.05, 4.69) is 11.4 Å². The van der Waals surface area contributed by atoms with Crippen molar-refractivity contribution in [1.29, 1.82) is 0 Å².